The number of nitro groups is 1. The molecule has 1 aromatic carbocycles. The first-order valence-corrected chi connectivity index (χ1v) is 17.9. The van der Waals surface area contributed by atoms with Crippen LogP contribution in [0, 0.1) is 22.0 Å². The van der Waals surface area contributed by atoms with Gasteiger partial charge in [0.1, 0.15) is 18.4 Å². The molecule has 39 heavy (non-hydrogen) atoms. The van der Waals surface area contributed by atoms with Crippen molar-refractivity contribution in [3.63, 3.8) is 0 Å². The third-order valence-corrected chi connectivity index (χ3v) is 9.62. The van der Waals surface area contributed by atoms with Gasteiger partial charge in [0, 0.05) is 29.3 Å². The van der Waals surface area contributed by atoms with Crippen molar-refractivity contribution in [3.8, 4) is 28.0 Å². The van der Waals surface area contributed by atoms with Crippen LogP contribution in [0.15, 0.2) is 42.7 Å². The highest BCUT2D eigenvalue weighted by Gasteiger charge is 2.33. The number of pyridine rings is 1. The van der Waals surface area contributed by atoms with Gasteiger partial charge in [-0.25, -0.2) is 4.98 Å². The Morgan fingerprint density at radius 3 is 2.77 bits per heavy atom. The second kappa shape index (κ2) is 13.0. The molecule has 1 aliphatic heterocycles. The Labute approximate surface area is 247 Å². The van der Waals surface area contributed by atoms with Crippen LogP contribution in [0.2, 0.25) is 0 Å². The zero-order chi connectivity index (χ0) is 27.2. The van der Waals surface area contributed by atoms with Crippen molar-refractivity contribution in [2.75, 3.05) is 20.1 Å². The molecule has 1 unspecified atom stereocenters. The van der Waals surface area contributed by atoms with Crippen LogP contribution in [0.25, 0.3) is 10.4 Å². The van der Waals surface area contributed by atoms with Gasteiger partial charge in [-0.2, -0.15) is 0 Å². The number of nitrogens with zero attached hydrogens (tertiary/aromatic N) is 4. The van der Waals surface area contributed by atoms with E-state index in [9.17, 15) is 10.1 Å². The van der Waals surface area contributed by atoms with Crippen LogP contribution in [0.1, 0.15) is 60.6 Å². The molecule has 3 heterocycles. The van der Waals surface area contributed by atoms with Gasteiger partial charge in [-0.3, -0.25) is 0 Å². The van der Waals surface area contributed by atoms with Crippen LogP contribution >= 0.6 is 39.8 Å². The van der Waals surface area contributed by atoms with Crippen molar-refractivity contribution in [1.82, 2.24) is 14.9 Å². The maximum atomic E-state index is 11.7. The smallest absolute Gasteiger partial charge is 0.406 e. The van der Waals surface area contributed by atoms with Crippen molar-refractivity contribution >= 4 is 45.6 Å². The zero-order valence-corrected chi connectivity index (χ0v) is 25.7. The van der Waals surface area contributed by atoms with Crippen LogP contribution in [-0.4, -0.2) is 45.5 Å². The van der Waals surface area contributed by atoms with E-state index in [0.717, 1.165) is 78.2 Å². The number of hydrogen-bond acceptors (Lipinski definition) is 8. The summed E-state index contributed by atoms with van der Waals surface area (Å²) in [6.07, 6.45) is 9.75. The molecule has 11 heteroatoms. The van der Waals surface area contributed by atoms with Crippen LogP contribution < -0.4 is 4.74 Å². The summed E-state index contributed by atoms with van der Waals surface area (Å²) in [4.78, 5) is 23.2. The minimum Gasteiger partial charge on any atom is -0.481 e. The molecule has 1 saturated carbocycles. The molecule has 1 aliphatic carbocycles. The quantitative estimate of drug-likeness (QED) is 0.0825. The maximum Gasteiger partial charge on any atom is 0.406 e. The number of aromatic nitrogens is 2. The summed E-state index contributed by atoms with van der Waals surface area (Å²) in [5, 5.41) is 12.8. The van der Waals surface area contributed by atoms with Gasteiger partial charge in [-0.15, -0.1) is 11.3 Å². The van der Waals surface area contributed by atoms with Crippen molar-refractivity contribution in [2.45, 2.75) is 56.7 Å². The molecule has 5 rings (SSSR count). The normalized spacial score (nSPS) is 17.8. The van der Waals surface area contributed by atoms with Gasteiger partial charge in [-0.05, 0) is 108 Å². The molecule has 2 aromatic heterocycles. The summed E-state index contributed by atoms with van der Waals surface area (Å²) < 4.78 is 12.0. The lowest BCUT2D eigenvalue weighted by Gasteiger charge is -2.27. The molecule has 0 spiro atoms. The Morgan fingerprint density at radius 1 is 1.23 bits per heavy atom. The monoisotopic (exact) mass is 676 g/mol. The van der Waals surface area contributed by atoms with Gasteiger partial charge in [0.25, 0.3) is 0 Å². The summed E-state index contributed by atoms with van der Waals surface area (Å²) in [7, 11) is 2.14. The number of piperidine rings is 1. The summed E-state index contributed by atoms with van der Waals surface area (Å²) >= 11 is 3.88. The van der Waals surface area contributed by atoms with E-state index < -0.39 is 4.92 Å². The van der Waals surface area contributed by atoms with E-state index in [1.54, 1.807) is 17.4 Å². The molecule has 0 N–H and O–H groups in total. The Bertz CT molecular complexity index is 1380. The van der Waals surface area contributed by atoms with Gasteiger partial charge in [0.15, 0.2) is 0 Å². The lowest BCUT2D eigenvalue weighted by Crippen LogP contribution is -2.29. The Kier molecular flexibility index (Phi) is 9.46. The van der Waals surface area contributed by atoms with Gasteiger partial charge in [-0.1, -0.05) is 24.0 Å². The summed E-state index contributed by atoms with van der Waals surface area (Å²) in [6, 6.07) is 9.48. The highest BCUT2D eigenvalue weighted by molar-refractivity contribution is 14.2. The number of thiazole rings is 1. The lowest BCUT2D eigenvalue weighted by molar-refractivity contribution is -0.390. The molecule has 3 aromatic rings. The first kappa shape index (κ1) is 28.4. The number of hydrogen-bond donors (Lipinski definition) is 0. The molecular formula is C28H30IN4O4PS. The van der Waals surface area contributed by atoms with Gasteiger partial charge < -0.3 is 24.3 Å². The van der Waals surface area contributed by atoms with Crippen LogP contribution in [0.5, 0.6) is 5.75 Å². The minimum absolute atomic E-state index is 0.143. The number of likely N-dealkylation sites (tertiary alicyclic amines) is 1. The van der Waals surface area contributed by atoms with Gasteiger partial charge in [0.2, 0.25) is 5.75 Å². The Balaban J connectivity index is 1.31. The number of benzene rings is 1. The van der Waals surface area contributed by atoms with E-state index in [-0.39, 0.29) is 23.8 Å². The number of halogens is 1. The van der Waals surface area contributed by atoms with Gasteiger partial charge >= 0.3 is 5.82 Å². The topological polar surface area (TPSA) is 90.6 Å². The minimum atomic E-state index is -0.507. The molecule has 1 atom stereocenters. The van der Waals surface area contributed by atoms with Crippen LogP contribution in [0.3, 0.4) is 0 Å². The van der Waals surface area contributed by atoms with E-state index in [1.807, 2.05) is 30.5 Å². The summed E-state index contributed by atoms with van der Waals surface area (Å²) in [6.45, 7) is 2.68. The Hall–Kier alpha value is -2.16. The predicted octanol–water partition coefficient (Wildman–Crippen LogP) is 7.13. The van der Waals surface area contributed by atoms with E-state index in [4.69, 9.17) is 9.26 Å². The molecule has 2 fully saturated rings. The van der Waals surface area contributed by atoms with E-state index in [2.05, 4.69) is 55.8 Å². The fourth-order valence-corrected chi connectivity index (χ4v) is 7.77. The zero-order valence-electron chi connectivity index (χ0n) is 21.7. The molecule has 0 bridgehead atoms. The first-order valence-electron chi connectivity index (χ1n) is 13.0. The second-order valence-electron chi connectivity index (χ2n) is 10.1. The van der Waals surface area contributed by atoms with Crippen molar-refractivity contribution in [2.24, 2.45) is 0 Å². The number of ether oxygens (including phenoxy) is 1. The maximum absolute atomic E-state index is 11.7. The highest BCUT2D eigenvalue weighted by atomic mass is 127. The van der Waals surface area contributed by atoms with E-state index >= 15 is 0 Å². The van der Waals surface area contributed by atoms with E-state index in [0.29, 0.717) is 12.4 Å². The molecule has 204 valence electrons. The van der Waals surface area contributed by atoms with E-state index in [1.165, 1.54) is 6.20 Å². The van der Waals surface area contributed by atoms with Crippen molar-refractivity contribution < 1.29 is 14.2 Å². The standard InChI is InChI=1S/C28H30IN4O4PS/c1-32-13-8-22(9-14-32)27-31-18-25(39-27)23-16-24(26(30-17-23)33(34)35)36-19-21-6-4-5-20(15-21)7-12-28(37-38-29)10-2-3-11-28/h4-6,15-18,22,38H,2-3,8-11,13-14,19H2,1H3. The summed E-state index contributed by atoms with van der Waals surface area (Å²) in [5.74, 6) is 6.96. The SMILES string of the molecule is CN1CCC(c2ncc(-c3cnc([N+](=O)[O-])c(OCc4cccc(C#CC5(OPI)CCCC5)c4)c3)s2)CC1. The largest absolute Gasteiger partial charge is 0.481 e. The Morgan fingerprint density at radius 2 is 2.03 bits per heavy atom. The predicted molar refractivity (Wildman–Crippen MR) is 164 cm³/mol. The molecule has 0 radical (unpaired) electrons. The van der Waals surface area contributed by atoms with Crippen molar-refractivity contribution in [3.05, 3.63) is 69.0 Å². The molecular weight excluding hydrogens is 646 g/mol. The number of rotatable bonds is 8. The van der Waals surface area contributed by atoms with Crippen molar-refractivity contribution in [1.29, 1.82) is 0 Å². The third-order valence-electron chi connectivity index (χ3n) is 7.28. The first-order chi connectivity index (χ1) is 18.9. The average molecular weight is 677 g/mol. The van der Waals surface area contributed by atoms with Crippen LogP contribution in [-0.2, 0) is 11.1 Å². The van der Waals surface area contributed by atoms with Gasteiger partial charge in [0.05, 0.1) is 16.3 Å². The molecule has 8 nitrogen and oxygen atoms in total. The fraction of sp³-hybridized carbons (Fsp3) is 0.429. The molecule has 2 aliphatic rings. The molecule has 0 amide bonds. The summed E-state index contributed by atoms with van der Waals surface area (Å²) in [5.41, 5.74) is 2.17. The van der Waals surface area contributed by atoms with Crippen LogP contribution in [0.4, 0.5) is 5.82 Å². The molecule has 1 saturated heterocycles. The lowest BCUT2D eigenvalue weighted by atomic mass is 9.98. The second-order valence-corrected chi connectivity index (χ2v) is 12.8. The fourth-order valence-electron chi connectivity index (χ4n) is 5.04. The highest BCUT2D eigenvalue weighted by Crippen LogP contribution is 2.41. The third kappa shape index (κ3) is 7.14. The average Bonchev–Trinajstić information content (AvgIpc) is 3.62.